The molecule has 136 valence electrons. The largest absolute Gasteiger partial charge is 0.466 e. The predicted molar refractivity (Wildman–Crippen MR) is 99.6 cm³/mol. The molecular weight excluding hydrogens is 314 g/mol. The van der Waals surface area contributed by atoms with Gasteiger partial charge in [0.15, 0.2) is 5.96 Å². The molecule has 25 heavy (non-hydrogen) atoms. The molecule has 2 aliphatic rings. The van der Waals surface area contributed by atoms with Gasteiger partial charge in [0.1, 0.15) is 0 Å². The average Bonchev–Trinajstić information content (AvgIpc) is 3.45. The normalized spacial score (nSPS) is 22.4. The number of carbonyl (C=O) groups excluding carboxylic acids is 1. The van der Waals surface area contributed by atoms with E-state index in [1.165, 1.54) is 18.4 Å². The smallest absolute Gasteiger partial charge is 0.310 e. The lowest BCUT2D eigenvalue weighted by molar-refractivity contribution is -0.149. The van der Waals surface area contributed by atoms with Crippen molar-refractivity contribution < 1.29 is 9.53 Å². The molecule has 1 unspecified atom stereocenters. The second kappa shape index (κ2) is 7.89. The van der Waals surface area contributed by atoms with Crippen LogP contribution >= 0.6 is 0 Å². The molecular formula is C20H29N3O2. The van der Waals surface area contributed by atoms with Crippen LogP contribution in [0.4, 0.5) is 0 Å². The second-order valence-corrected chi connectivity index (χ2v) is 7.08. The van der Waals surface area contributed by atoms with E-state index in [1.807, 2.05) is 14.0 Å². The maximum atomic E-state index is 12.1. The number of guanidine groups is 1. The van der Waals surface area contributed by atoms with Gasteiger partial charge < -0.3 is 15.0 Å². The van der Waals surface area contributed by atoms with Crippen LogP contribution in [0.5, 0.6) is 0 Å². The summed E-state index contributed by atoms with van der Waals surface area (Å²) < 4.78 is 5.20. The van der Waals surface area contributed by atoms with Crippen LogP contribution in [-0.2, 0) is 14.9 Å². The van der Waals surface area contributed by atoms with E-state index in [4.69, 9.17) is 4.74 Å². The Balaban J connectivity index is 1.59. The molecule has 1 aliphatic heterocycles. The Hall–Kier alpha value is -2.04. The Morgan fingerprint density at radius 2 is 2.12 bits per heavy atom. The summed E-state index contributed by atoms with van der Waals surface area (Å²) in [5.74, 6) is 0.776. The van der Waals surface area contributed by atoms with Crippen LogP contribution in [0.25, 0.3) is 0 Å². The van der Waals surface area contributed by atoms with Gasteiger partial charge in [-0.05, 0) is 38.2 Å². The Labute approximate surface area is 150 Å². The molecule has 1 saturated heterocycles. The lowest BCUT2D eigenvalue weighted by atomic mass is 9.96. The zero-order valence-electron chi connectivity index (χ0n) is 15.3. The van der Waals surface area contributed by atoms with E-state index in [0.29, 0.717) is 13.2 Å². The summed E-state index contributed by atoms with van der Waals surface area (Å²) in [6.45, 7) is 4.83. The number of aliphatic imine (C=N–C) groups is 1. The highest BCUT2D eigenvalue weighted by molar-refractivity contribution is 5.81. The third kappa shape index (κ3) is 4.14. The number of hydrogen-bond acceptors (Lipinski definition) is 3. The molecule has 1 aromatic carbocycles. The van der Waals surface area contributed by atoms with Crippen LogP contribution in [0.1, 0.15) is 38.2 Å². The number of rotatable bonds is 5. The average molecular weight is 343 g/mol. The van der Waals surface area contributed by atoms with Gasteiger partial charge in [-0.2, -0.15) is 0 Å². The Morgan fingerprint density at radius 3 is 2.76 bits per heavy atom. The monoisotopic (exact) mass is 343 g/mol. The fourth-order valence-electron chi connectivity index (χ4n) is 3.71. The summed E-state index contributed by atoms with van der Waals surface area (Å²) in [5, 5.41) is 3.56. The third-order valence-corrected chi connectivity index (χ3v) is 5.38. The topological polar surface area (TPSA) is 53.9 Å². The maximum Gasteiger partial charge on any atom is 0.310 e. The highest BCUT2D eigenvalue weighted by Crippen LogP contribution is 2.47. The number of likely N-dealkylation sites (tertiary alicyclic amines) is 1. The summed E-state index contributed by atoms with van der Waals surface area (Å²) >= 11 is 0. The summed E-state index contributed by atoms with van der Waals surface area (Å²) in [5.41, 5.74) is 1.65. The summed E-state index contributed by atoms with van der Waals surface area (Å²) in [6.07, 6.45) is 4.33. The van der Waals surface area contributed by atoms with Crippen molar-refractivity contribution in [2.75, 3.05) is 33.3 Å². The van der Waals surface area contributed by atoms with Gasteiger partial charge in [-0.15, -0.1) is 0 Å². The fourth-order valence-corrected chi connectivity index (χ4v) is 3.71. The highest BCUT2D eigenvalue weighted by atomic mass is 16.5. The Morgan fingerprint density at radius 1 is 1.36 bits per heavy atom. The molecule has 1 saturated carbocycles. The van der Waals surface area contributed by atoms with Gasteiger partial charge >= 0.3 is 5.97 Å². The highest BCUT2D eigenvalue weighted by Gasteiger charge is 2.44. The quantitative estimate of drug-likeness (QED) is 0.507. The van der Waals surface area contributed by atoms with E-state index in [9.17, 15) is 4.79 Å². The lowest BCUT2D eigenvalue weighted by Crippen LogP contribution is -2.49. The van der Waals surface area contributed by atoms with Gasteiger partial charge in [-0.25, -0.2) is 0 Å². The molecule has 1 heterocycles. The minimum Gasteiger partial charge on any atom is -0.466 e. The maximum absolute atomic E-state index is 12.1. The predicted octanol–water partition coefficient (Wildman–Crippen LogP) is 2.57. The first kappa shape index (κ1) is 17.8. The van der Waals surface area contributed by atoms with Crippen molar-refractivity contribution in [3.63, 3.8) is 0 Å². The first-order valence-electron chi connectivity index (χ1n) is 9.36. The van der Waals surface area contributed by atoms with Crippen LogP contribution in [-0.4, -0.2) is 50.1 Å². The van der Waals surface area contributed by atoms with E-state index in [2.05, 4.69) is 45.5 Å². The van der Waals surface area contributed by atoms with E-state index in [1.54, 1.807) is 0 Å². The lowest BCUT2D eigenvalue weighted by Gasteiger charge is -2.34. The molecule has 1 atom stereocenters. The second-order valence-electron chi connectivity index (χ2n) is 7.08. The number of nitrogens with one attached hydrogen (secondary N) is 1. The van der Waals surface area contributed by atoms with Gasteiger partial charge in [0.2, 0.25) is 0 Å². The molecule has 1 aromatic rings. The van der Waals surface area contributed by atoms with E-state index < -0.39 is 0 Å². The summed E-state index contributed by atoms with van der Waals surface area (Å²) in [6, 6.07) is 10.7. The van der Waals surface area contributed by atoms with Crippen molar-refractivity contribution in [2.24, 2.45) is 10.9 Å². The van der Waals surface area contributed by atoms with Gasteiger partial charge in [0, 0.05) is 32.1 Å². The first-order valence-corrected chi connectivity index (χ1v) is 9.36. The number of ether oxygens (including phenoxy) is 1. The molecule has 0 aromatic heterocycles. The molecule has 1 N–H and O–H groups in total. The van der Waals surface area contributed by atoms with Crippen molar-refractivity contribution in [2.45, 2.75) is 38.0 Å². The number of benzene rings is 1. The van der Waals surface area contributed by atoms with Crippen molar-refractivity contribution in [3.05, 3.63) is 35.9 Å². The van der Waals surface area contributed by atoms with Crippen LogP contribution in [0, 0.1) is 5.92 Å². The minimum absolute atomic E-state index is 0.0451. The summed E-state index contributed by atoms with van der Waals surface area (Å²) in [7, 11) is 1.82. The van der Waals surface area contributed by atoms with E-state index in [0.717, 1.165) is 31.9 Å². The summed E-state index contributed by atoms with van der Waals surface area (Å²) in [4.78, 5) is 18.7. The molecule has 0 bridgehead atoms. The molecule has 0 amide bonds. The van der Waals surface area contributed by atoms with Crippen LogP contribution in [0.3, 0.4) is 0 Å². The SMILES string of the molecule is CCOC(=O)C1CCCN(C(=NC)NCC2(c3ccccc3)CC2)C1. The third-order valence-electron chi connectivity index (χ3n) is 5.38. The molecule has 5 heteroatoms. The van der Waals surface area contributed by atoms with Gasteiger partial charge in [0.25, 0.3) is 0 Å². The van der Waals surface area contributed by atoms with Crippen molar-refractivity contribution in [1.29, 1.82) is 0 Å². The van der Waals surface area contributed by atoms with Gasteiger partial charge in [-0.3, -0.25) is 9.79 Å². The van der Waals surface area contributed by atoms with E-state index in [-0.39, 0.29) is 17.3 Å². The van der Waals surface area contributed by atoms with Gasteiger partial charge in [0.05, 0.1) is 12.5 Å². The first-order chi connectivity index (χ1) is 12.2. The van der Waals surface area contributed by atoms with Crippen LogP contribution in [0.15, 0.2) is 35.3 Å². The van der Waals surface area contributed by atoms with Gasteiger partial charge in [-0.1, -0.05) is 30.3 Å². The standard InChI is InChI=1S/C20H29N3O2/c1-3-25-18(24)16-8-7-13-23(14-16)19(21-2)22-15-20(11-12-20)17-9-5-4-6-10-17/h4-6,9-10,16H,3,7-8,11-15H2,1-2H3,(H,21,22). The number of piperidine rings is 1. The van der Waals surface area contributed by atoms with Crippen molar-refractivity contribution >= 4 is 11.9 Å². The molecule has 2 fully saturated rings. The molecule has 0 spiro atoms. The van der Waals surface area contributed by atoms with Crippen LogP contribution < -0.4 is 5.32 Å². The zero-order chi connectivity index (χ0) is 17.7. The van der Waals surface area contributed by atoms with E-state index >= 15 is 0 Å². The Bertz CT molecular complexity index is 611. The number of esters is 1. The van der Waals surface area contributed by atoms with Crippen LogP contribution in [0.2, 0.25) is 0 Å². The zero-order valence-corrected chi connectivity index (χ0v) is 15.3. The number of nitrogens with zero attached hydrogens (tertiary/aromatic N) is 2. The molecule has 0 radical (unpaired) electrons. The fraction of sp³-hybridized carbons (Fsp3) is 0.600. The number of hydrogen-bond donors (Lipinski definition) is 1. The number of carbonyl (C=O) groups is 1. The van der Waals surface area contributed by atoms with Crippen molar-refractivity contribution in [3.8, 4) is 0 Å². The minimum atomic E-state index is -0.0781. The molecule has 1 aliphatic carbocycles. The molecule has 3 rings (SSSR count). The van der Waals surface area contributed by atoms with Crippen molar-refractivity contribution in [1.82, 2.24) is 10.2 Å². The molecule has 5 nitrogen and oxygen atoms in total. The Kier molecular flexibility index (Phi) is 5.61.